The van der Waals surface area contributed by atoms with Crippen molar-refractivity contribution >= 4 is 17.0 Å². The molecule has 1 aromatic heterocycles. The summed E-state index contributed by atoms with van der Waals surface area (Å²) in [6.07, 6.45) is 8.55. The van der Waals surface area contributed by atoms with E-state index in [0.717, 1.165) is 67.4 Å². The van der Waals surface area contributed by atoms with Gasteiger partial charge in [0.15, 0.2) is 0 Å². The number of hydrogen-bond acceptors (Lipinski definition) is 5. The lowest BCUT2D eigenvalue weighted by atomic mass is 10.1. The van der Waals surface area contributed by atoms with E-state index in [2.05, 4.69) is 35.2 Å². The summed E-state index contributed by atoms with van der Waals surface area (Å²) >= 11 is 0. The Morgan fingerprint density at radius 1 is 0.919 bits per heavy atom. The molecule has 0 unspecified atom stereocenters. The van der Waals surface area contributed by atoms with E-state index in [1.807, 2.05) is 42.5 Å². The number of H-pyrrole nitrogens is 1. The molecule has 200 valence electrons. The number of rotatable bonds is 16. The summed E-state index contributed by atoms with van der Waals surface area (Å²) in [5, 5.41) is 3.80. The van der Waals surface area contributed by atoms with Crippen molar-refractivity contribution in [1.29, 1.82) is 0 Å². The molecule has 0 atom stereocenters. The lowest BCUT2D eigenvalue weighted by molar-refractivity contribution is 0.200. The van der Waals surface area contributed by atoms with Crippen LogP contribution in [-0.2, 0) is 6.54 Å². The van der Waals surface area contributed by atoms with Gasteiger partial charge in [0.05, 0.1) is 6.61 Å². The van der Waals surface area contributed by atoms with Gasteiger partial charge in [-0.05, 0) is 81.2 Å². The molecule has 0 aliphatic rings. The maximum atomic E-state index is 12.1. The number of unbranched alkanes of at least 4 members (excludes halogenated alkanes) is 6. The Hall–Kier alpha value is -3.32. The fraction of sp³-hybridized carbons (Fsp3) is 0.467. The summed E-state index contributed by atoms with van der Waals surface area (Å²) in [5.74, 6) is 1.39. The molecule has 37 heavy (non-hydrogen) atoms. The molecule has 0 spiro atoms. The third-order valence-corrected chi connectivity index (χ3v) is 6.26. The first-order valence-corrected chi connectivity index (χ1v) is 13.5. The van der Waals surface area contributed by atoms with Crippen molar-refractivity contribution < 1.29 is 14.3 Å². The van der Waals surface area contributed by atoms with Gasteiger partial charge in [0, 0.05) is 30.1 Å². The van der Waals surface area contributed by atoms with Crippen molar-refractivity contribution in [3.8, 4) is 11.5 Å². The number of aromatic nitrogens is 1. The molecule has 1 heterocycles. The fourth-order valence-corrected chi connectivity index (χ4v) is 4.23. The fourth-order valence-electron chi connectivity index (χ4n) is 4.23. The second kappa shape index (κ2) is 15.7. The first-order chi connectivity index (χ1) is 18.0. The lowest BCUT2D eigenvalue weighted by Crippen LogP contribution is -2.27. The molecule has 0 bridgehead atoms. The smallest absolute Gasteiger partial charge is 0.412 e. The second-order valence-electron chi connectivity index (χ2n) is 9.60. The van der Waals surface area contributed by atoms with Gasteiger partial charge in [-0.15, -0.1) is 0 Å². The Bertz CT molecular complexity index is 1160. The van der Waals surface area contributed by atoms with Crippen molar-refractivity contribution in [2.24, 2.45) is 0 Å². The number of ether oxygens (including phenoxy) is 2. The molecule has 7 nitrogen and oxygen atoms in total. The van der Waals surface area contributed by atoms with Crippen LogP contribution in [0.4, 0.5) is 4.79 Å². The van der Waals surface area contributed by atoms with Crippen LogP contribution < -0.4 is 20.3 Å². The quantitative estimate of drug-likeness (QED) is 0.223. The van der Waals surface area contributed by atoms with Crippen molar-refractivity contribution in [3.05, 3.63) is 70.5 Å². The third kappa shape index (κ3) is 10.7. The molecule has 1 amide bonds. The van der Waals surface area contributed by atoms with Crippen LogP contribution in [0.3, 0.4) is 0 Å². The molecule has 3 aromatic rings. The van der Waals surface area contributed by atoms with Gasteiger partial charge in [-0.2, -0.15) is 0 Å². The van der Waals surface area contributed by atoms with E-state index in [1.54, 1.807) is 0 Å². The maximum absolute atomic E-state index is 12.1. The molecule has 7 heteroatoms. The zero-order valence-corrected chi connectivity index (χ0v) is 22.3. The van der Waals surface area contributed by atoms with E-state index in [9.17, 15) is 9.59 Å². The van der Waals surface area contributed by atoms with Gasteiger partial charge in [0.1, 0.15) is 11.5 Å². The zero-order valence-electron chi connectivity index (χ0n) is 22.3. The molecule has 3 rings (SSSR count). The van der Waals surface area contributed by atoms with Gasteiger partial charge in [-0.25, -0.2) is 4.79 Å². The summed E-state index contributed by atoms with van der Waals surface area (Å²) in [7, 11) is 2.11. The zero-order chi connectivity index (χ0) is 26.3. The summed E-state index contributed by atoms with van der Waals surface area (Å²) < 4.78 is 11.3. The number of amides is 1. The SMILES string of the molecule is CCCCCCCNC(=O)Oc1cccc(CN(C)CCCCCOc2ccc3[nH]c(=O)ccc3c2)c1. The molecule has 0 radical (unpaired) electrons. The first-order valence-electron chi connectivity index (χ1n) is 13.5. The van der Waals surface area contributed by atoms with Gasteiger partial charge in [-0.3, -0.25) is 4.79 Å². The Labute approximate surface area is 220 Å². The van der Waals surface area contributed by atoms with Crippen molar-refractivity contribution in [3.63, 3.8) is 0 Å². The molecule has 2 N–H and O–H groups in total. The highest BCUT2D eigenvalue weighted by Crippen LogP contribution is 2.19. The van der Waals surface area contributed by atoms with Gasteiger partial charge in [-0.1, -0.05) is 44.7 Å². The van der Waals surface area contributed by atoms with Crippen LogP contribution >= 0.6 is 0 Å². The molecule has 0 aliphatic heterocycles. The Balaban J connectivity index is 1.29. The number of pyridine rings is 1. The predicted octanol–water partition coefficient (Wildman–Crippen LogP) is 6.27. The largest absolute Gasteiger partial charge is 0.494 e. The van der Waals surface area contributed by atoms with Gasteiger partial charge < -0.3 is 24.7 Å². The minimum absolute atomic E-state index is 0.0987. The van der Waals surface area contributed by atoms with Gasteiger partial charge in [0.2, 0.25) is 5.56 Å². The summed E-state index contributed by atoms with van der Waals surface area (Å²) in [5.41, 5.74) is 1.84. The Kier molecular flexibility index (Phi) is 12.0. The number of fused-ring (bicyclic) bond motifs is 1. The van der Waals surface area contributed by atoms with Crippen molar-refractivity contribution in [2.45, 2.75) is 64.8 Å². The summed E-state index contributed by atoms with van der Waals surface area (Å²) in [6.45, 7) is 5.29. The van der Waals surface area contributed by atoms with Crippen LogP contribution in [0, 0.1) is 0 Å². The van der Waals surface area contributed by atoms with Crippen molar-refractivity contribution in [2.75, 3.05) is 26.7 Å². The minimum Gasteiger partial charge on any atom is -0.494 e. The number of benzene rings is 2. The van der Waals surface area contributed by atoms with E-state index in [-0.39, 0.29) is 11.7 Å². The normalized spacial score (nSPS) is 11.1. The molecular weight excluding hydrogens is 466 g/mol. The molecule has 2 aromatic carbocycles. The highest BCUT2D eigenvalue weighted by Gasteiger charge is 2.06. The summed E-state index contributed by atoms with van der Waals surface area (Å²) in [4.78, 5) is 28.5. The van der Waals surface area contributed by atoms with E-state index < -0.39 is 0 Å². The van der Waals surface area contributed by atoms with Crippen LogP contribution in [0.15, 0.2) is 59.4 Å². The number of nitrogens with one attached hydrogen (secondary N) is 2. The highest BCUT2D eigenvalue weighted by molar-refractivity contribution is 5.79. The van der Waals surface area contributed by atoms with Crippen LogP contribution in [0.5, 0.6) is 11.5 Å². The van der Waals surface area contributed by atoms with Crippen LogP contribution in [-0.4, -0.2) is 42.7 Å². The first kappa shape index (κ1) is 28.3. The standard InChI is InChI=1S/C30H41N3O4/c1-3-4-5-6-8-18-31-30(35)37-27-13-11-12-24(21-27)23-33(2)19-9-7-10-20-36-26-15-16-28-25(22-26)14-17-29(34)32-28/h11-17,21-22H,3-10,18-20,23H2,1-2H3,(H,31,35)(H,32,34). The molecule has 0 aliphatic carbocycles. The summed E-state index contributed by atoms with van der Waals surface area (Å²) in [6, 6.07) is 16.8. The van der Waals surface area contributed by atoms with Crippen LogP contribution in [0.2, 0.25) is 0 Å². The second-order valence-corrected chi connectivity index (χ2v) is 9.60. The molecule has 0 saturated heterocycles. The van der Waals surface area contributed by atoms with Gasteiger partial charge in [0.25, 0.3) is 0 Å². The minimum atomic E-state index is -0.387. The van der Waals surface area contributed by atoms with E-state index in [4.69, 9.17) is 9.47 Å². The van der Waals surface area contributed by atoms with Crippen LogP contribution in [0.1, 0.15) is 63.9 Å². The van der Waals surface area contributed by atoms with E-state index in [1.165, 1.54) is 25.3 Å². The lowest BCUT2D eigenvalue weighted by Gasteiger charge is -2.17. The average Bonchev–Trinajstić information content (AvgIpc) is 2.88. The third-order valence-electron chi connectivity index (χ3n) is 6.26. The topological polar surface area (TPSA) is 83.7 Å². The number of nitrogens with zero attached hydrogens (tertiary/aromatic N) is 1. The number of hydrogen-bond donors (Lipinski definition) is 2. The van der Waals surface area contributed by atoms with Gasteiger partial charge >= 0.3 is 6.09 Å². The monoisotopic (exact) mass is 507 g/mol. The predicted molar refractivity (Wildman–Crippen MR) is 149 cm³/mol. The Morgan fingerprint density at radius 2 is 1.76 bits per heavy atom. The maximum Gasteiger partial charge on any atom is 0.412 e. The molecule has 0 fully saturated rings. The average molecular weight is 508 g/mol. The van der Waals surface area contributed by atoms with Crippen LogP contribution in [0.25, 0.3) is 10.9 Å². The van der Waals surface area contributed by atoms with E-state index in [0.29, 0.717) is 18.9 Å². The number of aromatic amines is 1. The van der Waals surface area contributed by atoms with Crippen molar-refractivity contribution in [1.82, 2.24) is 15.2 Å². The molecule has 0 saturated carbocycles. The number of carbonyl (C=O) groups excluding carboxylic acids is 1. The number of carbonyl (C=O) groups is 1. The van der Waals surface area contributed by atoms with E-state index >= 15 is 0 Å². The molecular formula is C30H41N3O4. The Morgan fingerprint density at radius 3 is 2.62 bits per heavy atom. The highest BCUT2D eigenvalue weighted by atomic mass is 16.6.